The Kier molecular flexibility index (Phi) is 47.2. The largest absolute Gasteiger partial charge is 0.477 e. The van der Waals surface area contributed by atoms with E-state index in [4.69, 9.17) is 18.9 Å². The van der Waals surface area contributed by atoms with Gasteiger partial charge in [-0.25, -0.2) is 4.79 Å². The molecule has 0 aliphatic heterocycles. The summed E-state index contributed by atoms with van der Waals surface area (Å²) in [6.45, 7) is 4.71. The highest BCUT2D eigenvalue weighted by Crippen LogP contribution is 2.17. The molecule has 1 N–H and O–H groups in total. The zero-order chi connectivity index (χ0) is 49.2. The van der Waals surface area contributed by atoms with E-state index >= 15 is 0 Å². The Morgan fingerprint density at radius 1 is 0.463 bits per heavy atom. The number of hydrogen-bond acceptors (Lipinski definition) is 7. The Labute approximate surface area is 412 Å². The second kappa shape index (κ2) is 49.4. The summed E-state index contributed by atoms with van der Waals surface area (Å²) >= 11 is 0. The van der Waals surface area contributed by atoms with Gasteiger partial charge in [0.05, 0.1) is 34.4 Å². The molecule has 0 aromatic carbocycles. The number of aliphatic carboxylic acids is 1. The van der Waals surface area contributed by atoms with Crippen LogP contribution in [0, 0.1) is 0 Å². The molecule has 9 heteroatoms. The predicted molar refractivity (Wildman–Crippen MR) is 281 cm³/mol. The Morgan fingerprint density at radius 2 is 0.851 bits per heavy atom. The number of ether oxygens (including phenoxy) is 4. The summed E-state index contributed by atoms with van der Waals surface area (Å²) in [4.78, 5) is 37.3. The van der Waals surface area contributed by atoms with Crippen LogP contribution < -0.4 is 0 Å². The van der Waals surface area contributed by atoms with Gasteiger partial charge in [0.25, 0.3) is 6.29 Å². The molecule has 388 valence electrons. The van der Waals surface area contributed by atoms with Crippen LogP contribution in [0.15, 0.2) is 60.8 Å². The van der Waals surface area contributed by atoms with Crippen molar-refractivity contribution in [1.29, 1.82) is 0 Å². The smallest absolute Gasteiger partial charge is 0.361 e. The lowest BCUT2D eigenvalue weighted by Gasteiger charge is -2.25. The number of quaternary nitrogens is 1. The van der Waals surface area contributed by atoms with Crippen molar-refractivity contribution in [3.8, 4) is 0 Å². The molecule has 2 unspecified atom stereocenters. The molecule has 0 aromatic heterocycles. The highest BCUT2D eigenvalue weighted by molar-refractivity contribution is 5.71. The number of carbonyl (C=O) groups excluding carboxylic acids is 2. The fourth-order valence-corrected chi connectivity index (χ4v) is 7.58. The van der Waals surface area contributed by atoms with Crippen LogP contribution in [0.1, 0.15) is 232 Å². The number of carboxylic acids is 1. The highest BCUT2D eigenvalue weighted by atomic mass is 16.7. The Balaban J connectivity index is 4.28. The van der Waals surface area contributed by atoms with E-state index in [1.807, 2.05) is 21.1 Å². The SMILES string of the molecule is CC/C=C\C/C=C\C/C=C\C/C=C\C/C=C\CCCC(=O)OC(COC(=O)CCCCCCCCCCCCCCCCCCCCCCCCCCC)COC(OCC[N+](C)(C)C)C(=O)O. The zero-order valence-electron chi connectivity index (χ0n) is 44.1. The van der Waals surface area contributed by atoms with Crippen LogP contribution in [0.4, 0.5) is 0 Å². The van der Waals surface area contributed by atoms with E-state index in [9.17, 15) is 19.5 Å². The molecule has 0 radical (unpaired) electrons. The number of unbranched alkanes of at least 4 members (excludes halogenated alkanes) is 25. The predicted octanol–water partition coefficient (Wildman–Crippen LogP) is 15.7. The minimum atomic E-state index is -1.53. The highest BCUT2D eigenvalue weighted by Gasteiger charge is 2.25. The molecule has 0 aromatic rings. The summed E-state index contributed by atoms with van der Waals surface area (Å²) in [5.41, 5.74) is 0. The zero-order valence-corrected chi connectivity index (χ0v) is 44.1. The fourth-order valence-electron chi connectivity index (χ4n) is 7.58. The van der Waals surface area contributed by atoms with Gasteiger partial charge < -0.3 is 28.5 Å². The molecule has 2 atom stereocenters. The summed E-state index contributed by atoms with van der Waals surface area (Å²) in [5, 5.41) is 9.67. The Morgan fingerprint density at radius 3 is 1.25 bits per heavy atom. The van der Waals surface area contributed by atoms with Gasteiger partial charge in [-0.3, -0.25) is 9.59 Å². The van der Waals surface area contributed by atoms with Gasteiger partial charge in [-0.2, -0.15) is 0 Å². The van der Waals surface area contributed by atoms with Crippen LogP contribution >= 0.6 is 0 Å². The fraction of sp³-hybridized carbons (Fsp3) is 0.776. The van der Waals surface area contributed by atoms with Crippen LogP contribution in [0.5, 0.6) is 0 Å². The van der Waals surface area contributed by atoms with Gasteiger partial charge in [-0.05, 0) is 51.4 Å². The molecule has 0 spiro atoms. The van der Waals surface area contributed by atoms with Crippen LogP contribution in [0.3, 0.4) is 0 Å². The van der Waals surface area contributed by atoms with E-state index in [2.05, 4.69) is 74.6 Å². The van der Waals surface area contributed by atoms with Crippen LogP contribution in [-0.2, 0) is 33.3 Å². The number of carbonyl (C=O) groups is 3. The van der Waals surface area contributed by atoms with Crippen molar-refractivity contribution in [3.63, 3.8) is 0 Å². The molecule has 9 nitrogen and oxygen atoms in total. The average Bonchev–Trinajstić information content (AvgIpc) is 3.29. The van der Waals surface area contributed by atoms with Gasteiger partial charge >= 0.3 is 17.9 Å². The topological polar surface area (TPSA) is 108 Å². The van der Waals surface area contributed by atoms with Crippen molar-refractivity contribution < 1.29 is 42.9 Å². The van der Waals surface area contributed by atoms with Gasteiger partial charge in [0, 0.05) is 12.8 Å². The lowest BCUT2D eigenvalue weighted by molar-refractivity contribution is -0.870. The van der Waals surface area contributed by atoms with E-state index in [1.165, 1.54) is 141 Å². The van der Waals surface area contributed by atoms with Gasteiger partial charge in [-0.1, -0.05) is 229 Å². The van der Waals surface area contributed by atoms with E-state index in [1.54, 1.807) is 0 Å². The maximum Gasteiger partial charge on any atom is 0.361 e. The number of esters is 2. The minimum Gasteiger partial charge on any atom is -0.477 e. The second-order valence-electron chi connectivity index (χ2n) is 19.5. The molecule has 0 aliphatic carbocycles. The molecule has 0 saturated carbocycles. The van der Waals surface area contributed by atoms with Crippen LogP contribution in [-0.4, -0.2) is 87.4 Å². The van der Waals surface area contributed by atoms with Crippen molar-refractivity contribution in [3.05, 3.63) is 60.8 Å². The number of allylic oxidation sites excluding steroid dienone is 10. The van der Waals surface area contributed by atoms with Gasteiger partial charge in [0.1, 0.15) is 13.2 Å². The summed E-state index contributed by atoms with van der Waals surface area (Å²) < 4.78 is 22.8. The number of carboxylic acid groups (broad SMARTS) is 1. The summed E-state index contributed by atoms with van der Waals surface area (Å²) in [6.07, 6.45) is 58.9. The van der Waals surface area contributed by atoms with Crippen LogP contribution in [0.25, 0.3) is 0 Å². The van der Waals surface area contributed by atoms with E-state index in [0.717, 1.165) is 57.8 Å². The number of hydrogen-bond donors (Lipinski definition) is 1. The molecule has 0 bridgehead atoms. The summed E-state index contributed by atoms with van der Waals surface area (Å²) in [5.74, 6) is -2.08. The average molecular weight is 943 g/mol. The van der Waals surface area contributed by atoms with E-state index in [0.29, 0.717) is 23.9 Å². The monoisotopic (exact) mass is 943 g/mol. The van der Waals surface area contributed by atoms with Crippen molar-refractivity contribution in [2.24, 2.45) is 0 Å². The molecule has 0 heterocycles. The minimum absolute atomic E-state index is 0.176. The van der Waals surface area contributed by atoms with E-state index in [-0.39, 0.29) is 32.2 Å². The molecule has 0 fully saturated rings. The molecule has 0 amide bonds. The number of likely N-dealkylation sites (N-methyl/N-ethyl adjacent to an activating group) is 1. The second-order valence-corrected chi connectivity index (χ2v) is 19.5. The lowest BCUT2D eigenvalue weighted by atomic mass is 10.0. The van der Waals surface area contributed by atoms with Gasteiger partial charge in [0.15, 0.2) is 6.10 Å². The molecular formula is C58H104NO8+. The third-order valence-corrected chi connectivity index (χ3v) is 11.8. The molecule has 0 saturated heterocycles. The van der Waals surface area contributed by atoms with Crippen molar-refractivity contribution >= 4 is 17.9 Å². The Bertz CT molecular complexity index is 1280. The molecule has 0 rings (SSSR count). The maximum absolute atomic E-state index is 12.8. The lowest BCUT2D eigenvalue weighted by Crippen LogP contribution is -2.40. The van der Waals surface area contributed by atoms with Crippen molar-refractivity contribution in [2.75, 3.05) is 47.5 Å². The first-order valence-electron chi connectivity index (χ1n) is 27.5. The maximum atomic E-state index is 12.8. The summed E-state index contributed by atoms with van der Waals surface area (Å²) in [6, 6.07) is 0. The van der Waals surface area contributed by atoms with Gasteiger partial charge in [0.2, 0.25) is 0 Å². The van der Waals surface area contributed by atoms with Crippen molar-refractivity contribution in [2.45, 2.75) is 245 Å². The third kappa shape index (κ3) is 50.7. The first-order chi connectivity index (χ1) is 32.6. The number of nitrogens with zero attached hydrogens (tertiary/aromatic N) is 1. The standard InChI is InChI=1S/C58H103NO8/c1-6-8-10-12-14-16-18-20-22-24-25-26-27-28-29-30-31-33-34-36-38-40-42-44-46-48-55(60)65-52-54(53-66-58(57(62)63)64-51-50-59(3,4)5)67-56(61)49-47-45-43-41-39-37-35-32-23-21-19-17-15-13-11-9-7-2/h9,11,15,17,21,23,35,37,41,43,54,58H,6-8,10,12-14,16,18-20,22,24-34,36,38-40,42,44-53H2,1-5H3/p+1/b11-9-,17-15-,23-21-,37-35-,43-41-. The van der Waals surface area contributed by atoms with Crippen LogP contribution in [0.2, 0.25) is 0 Å². The Hall–Kier alpha value is -3.01. The van der Waals surface area contributed by atoms with Crippen molar-refractivity contribution in [1.82, 2.24) is 0 Å². The normalized spacial score (nSPS) is 13.3. The van der Waals surface area contributed by atoms with E-state index < -0.39 is 24.3 Å². The molecule has 67 heavy (non-hydrogen) atoms. The third-order valence-electron chi connectivity index (χ3n) is 11.8. The van der Waals surface area contributed by atoms with Gasteiger partial charge in [-0.15, -0.1) is 0 Å². The first-order valence-corrected chi connectivity index (χ1v) is 27.5. The quantitative estimate of drug-likeness (QED) is 0.0211. The molecular weight excluding hydrogens is 839 g/mol. The molecule has 0 aliphatic rings. The first kappa shape index (κ1) is 64.0. The summed E-state index contributed by atoms with van der Waals surface area (Å²) in [7, 11) is 5.94. The number of rotatable bonds is 50.